The highest BCUT2D eigenvalue weighted by Gasteiger charge is 2.41. The molecule has 3 aromatic rings. The molecule has 0 aliphatic carbocycles. The Morgan fingerprint density at radius 3 is 2.62 bits per heavy atom. The van der Waals surface area contributed by atoms with Gasteiger partial charge in [0.05, 0.1) is 11.6 Å². The SMILES string of the molecule is N#C[C@@H]1C(=O)Nc2nc(N3CCCC3)[nH]c(=O)c2[C@H]1c1cccc2ccccc12. The van der Waals surface area contributed by atoms with E-state index >= 15 is 0 Å². The number of amides is 1. The molecule has 7 nitrogen and oxygen atoms in total. The lowest BCUT2D eigenvalue weighted by Crippen LogP contribution is -2.39. The molecule has 3 heterocycles. The minimum atomic E-state index is -1.01. The molecule has 2 aliphatic rings. The van der Waals surface area contributed by atoms with Crippen molar-refractivity contribution >= 4 is 28.4 Å². The van der Waals surface area contributed by atoms with E-state index in [4.69, 9.17) is 0 Å². The predicted molar refractivity (Wildman–Crippen MR) is 110 cm³/mol. The van der Waals surface area contributed by atoms with Crippen molar-refractivity contribution in [3.8, 4) is 6.07 Å². The van der Waals surface area contributed by atoms with E-state index in [1.54, 1.807) is 0 Å². The zero-order valence-corrected chi connectivity index (χ0v) is 15.7. The number of H-pyrrole nitrogens is 1. The highest BCUT2D eigenvalue weighted by molar-refractivity contribution is 5.99. The molecule has 144 valence electrons. The summed E-state index contributed by atoms with van der Waals surface area (Å²) in [7, 11) is 0. The Labute approximate surface area is 167 Å². The lowest BCUT2D eigenvalue weighted by molar-refractivity contribution is -0.119. The van der Waals surface area contributed by atoms with Crippen molar-refractivity contribution in [1.29, 1.82) is 5.26 Å². The summed E-state index contributed by atoms with van der Waals surface area (Å²) in [5.74, 6) is -1.39. The van der Waals surface area contributed by atoms with Crippen LogP contribution in [0.25, 0.3) is 10.8 Å². The zero-order chi connectivity index (χ0) is 20.0. The average molecular weight is 385 g/mol. The number of benzene rings is 2. The fourth-order valence-electron chi connectivity index (χ4n) is 4.44. The van der Waals surface area contributed by atoms with Crippen LogP contribution >= 0.6 is 0 Å². The molecule has 29 heavy (non-hydrogen) atoms. The molecule has 1 aromatic heterocycles. The Bertz CT molecular complexity index is 1210. The largest absolute Gasteiger partial charge is 0.342 e. The van der Waals surface area contributed by atoms with E-state index in [1.165, 1.54) is 0 Å². The van der Waals surface area contributed by atoms with E-state index in [9.17, 15) is 14.9 Å². The van der Waals surface area contributed by atoms with Gasteiger partial charge in [-0.1, -0.05) is 42.5 Å². The summed E-state index contributed by atoms with van der Waals surface area (Å²) < 4.78 is 0. The molecule has 1 amide bonds. The zero-order valence-electron chi connectivity index (χ0n) is 15.7. The number of nitrogens with zero attached hydrogens (tertiary/aromatic N) is 3. The van der Waals surface area contributed by atoms with Crippen LogP contribution in [0.2, 0.25) is 0 Å². The van der Waals surface area contributed by atoms with E-state index < -0.39 is 17.7 Å². The summed E-state index contributed by atoms with van der Waals surface area (Å²) in [5.41, 5.74) is 0.817. The van der Waals surface area contributed by atoms with Crippen LogP contribution in [0, 0.1) is 17.2 Å². The maximum atomic E-state index is 13.1. The quantitative estimate of drug-likeness (QED) is 0.706. The molecule has 2 aliphatic heterocycles. The third-order valence-electron chi connectivity index (χ3n) is 5.81. The fraction of sp³-hybridized carbons (Fsp3) is 0.273. The summed E-state index contributed by atoms with van der Waals surface area (Å²) in [6, 6.07) is 15.6. The summed E-state index contributed by atoms with van der Waals surface area (Å²) in [6.45, 7) is 1.65. The first kappa shape index (κ1) is 17.4. The monoisotopic (exact) mass is 385 g/mol. The van der Waals surface area contributed by atoms with Crippen molar-refractivity contribution in [2.75, 3.05) is 23.3 Å². The number of nitrogens with one attached hydrogen (secondary N) is 2. The Hall–Kier alpha value is -3.66. The molecule has 1 fully saturated rings. The van der Waals surface area contributed by atoms with Crippen molar-refractivity contribution in [2.45, 2.75) is 18.8 Å². The van der Waals surface area contributed by atoms with Crippen LogP contribution in [-0.2, 0) is 4.79 Å². The first-order valence-corrected chi connectivity index (χ1v) is 9.74. The van der Waals surface area contributed by atoms with Gasteiger partial charge in [-0.05, 0) is 29.2 Å². The predicted octanol–water partition coefficient (Wildman–Crippen LogP) is 2.75. The number of rotatable bonds is 2. The molecule has 0 unspecified atom stereocenters. The van der Waals surface area contributed by atoms with Gasteiger partial charge in [0, 0.05) is 19.0 Å². The lowest BCUT2D eigenvalue weighted by atomic mass is 9.77. The van der Waals surface area contributed by atoms with Gasteiger partial charge < -0.3 is 10.2 Å². The number of anilines is 2. The number of hydrogen-bond donors (Lipinski definition) is 2. The Morgan fingerprint density at radius 1 is 1.07 bits per heavy atom. The number of aromatic amines is 1. The normalized spacial score (nSPS) is 20.9. The van der Waals surface area contributed by atoms with Crippen LogP contribution < -0.4 is 15.8 Å². The Kier molecular flexibility index (Phi) is 4.06. The first-order chi connectivity index (χ1) is 14.2. The fourth-order valence-corrected chi connectivity index (χ4v) is 4.44. The van der Waals surface area contributed by atoms with Gasteiger partial charge in [-0.2, -0.15) is 10.2 Å². The highest BCUT2D eigenvalue weighted by atomic mass is 16.2. The third kappa shape index (κ3) is 2.76. The first-order valence-electron chi connectivity index (χ1n) is 9.74. The average Bonchev–Trinajstić information content (AvgIpc) is 3.27. The van der Waals surface area contributed by atoms with Gasteiger partial charge in [-0.15, -0.1) is 0 Å². The van der Waals surface area contributed by atoms with Crippen LogP contribution in [0.15, 0.2) is 47.3 Å². The Balaban J connectivity index is 1.74. The molecule has 7 heteroatoms. The molecule has 0 saturated carbocycles. The van der Waals surface area contributed by atoms with Crippen LogP contribution in [0.4, 0.5) is 11.8 Å². The Morgan fingerprint density at radius 2 is 1.83 bits per heavy atom. The number of carbonyl (C=O) groups is 1. The summed E-state index contributed by atoms with van der Waals surface area (Å²) in [4.78, 5) is 35.4. The van der Waals surface area contributed by atoms with Crippen LogP contribution in [0.5, 0.6) is 0 Å². The molecule has 0 radical (unpaired) electrons. The standard InChI is InChI=1S/C22H19N5O2/c23-12-16-17(15-9-5-7-13-6-1-2-8-14(13)15)18-19(24-20(16)28)25-22(26-21(18)29)27-10-3-4-11-27/h1-2,5-9,16-17H,3-4,10-11H2,(H2,24,25,26,28,29)/t16-,17-/m0/s1. The lowest BCUT2D eigenvalue weighted by Gasteiger charge is -2.30. The van der Waals surface area contributed by atoms with Crippen molar-refractivity contribution in [2.24, 2.45) is 5.92 Å². The van der Waals surface area contributed by atoms with Gasteiger partial charge >= 0.3 is 0 Å². The van der Waals surface area contributed by atoms with E-state index in [2.05, 4.69) is 21.4 Å². The van der Waals surface area contributed by atoms with Gasteiger partial charge in [0.1, 0.15) is 11.7 Å². The number of hydrogen-bond acceptors (Lipinski definition) is 5. The minimum Gasteiger partial charge on any atom is -0.342 e. The van der Waals surface area contributed by atoms with E-state index in [0.29, 0.717) is 11.5 Å². The van der Waals surface area contributed by atoms with Crippen molar-refractivity contribution in [3.63, 3.8) is 0 Å². The number of carbonyl (C=O) groups excluding carboxylic acids is 1. The van der Waals surface area contributed by atoms with Gasteiger partial charge in [0.15, 0.2) is 0 Å². The second-order valence-electron chi connectivity index (χ2n) is 7.49. The maximum absolute atomic E-state index is 13.1. The summed E-state index contributed by atoms with van der Waals surface area (Å²) in [5, 5.41) is 14.4. The molecular weight excluding hydrogens is 366 g/mol. The molecule has 0 bridgehead atoms. The van der Waals surface area contributed by atoms with Gasteiger partial charge in [0.25, 0.3) is 5.56 Å². The summed E-state index contributed by atoms with van der Waals surface area (Å²) >= 11 is 0. The van der Waals surface area contributed by atoms with Gasteiger partial charge in [-0.3, -0.25) is 14.6 Å². The molecular formula is C22H19N5O2. The van der Waals surface area contributed by atoms with E-state index in [-0.39, 0.29) is 11.4 Å². The van der Waals surface area contributed by atoms with Gasteiger partial charge in [-0.25, -0.2) is 0 Å². The minimum absolute atomic E-state index is 0.255. The molecule has 2 atom stereocenters. The van der Waals surface area contributed by atoms with Crippen LogP contribution in [0.1, 0.15) is 29.9 Å². The maximum Gasteiger partial charge on any atom is 0.258 e. The molecule has 2 aromatic carbocycles. The van der Waals surface area contributed by atoms with E-state index in [1.807, 2.05) is 47.4 Å². The topological polar surface area (TPSA) is 102 Å². The number of nitriles is 1. The van der Waals surface area contributed by atoms with E-state index in [0.717, 1.165) is 42.3 Å². The molecule has 0 spiro atoms. The molecule has 5 rings (SSSR count). The second kappa shape index (κ2) is 6.74. The van der Waals surface area contributed by atoms with Gasteiger partial charge in [0.2, 0.25) is 11.9 Å². The molecule has 1 saturated heterocycles. The van der Waals surface area contributed by atoms with Crippen molar-refractivity contribution < 1.29 is 4.79 Å². The van der Waals surface area contributed by atoms with Crippen molar-refractivity contribution in [3.05, 3.63) is 63.9 Å². The van der Waals surface area contributed by atoms with Crippen LogP contribution in [-0.4, -0.2) is 29.0 Å². The van der Waals surface area contributed by atoms with Crippen molar-refractivity contribution in [1.82, 2.24) is 9.97 Å². The van der Waals surface area contributed by atoms with Crippen LogP contribution in [0.3, 0.4) is 0 Å². The smallest absolute Gasteiger partial charge is 0.258 e. The number of aromatic nitrogens is 2. The third-order valence-corrected chi connectivity index (χ3v) is 5.81. The second-order valence-corrected chi connectivity index (χ2v) is 7.49. The number of fused-ring (bicyclic) bond motifs is 2. The highest BCUT2D eigenvalue weighted by Crippen LogP contribution is 2.40. The molecule has 2 N–H and O–H groups in total. The summed E-state index contributed by atoms with van der Waals surface area (Å²) in [6.07, 6.45) is 2.09.